The molecule has 7 nitrogen and oxygen atoms in total. The van der Waals surface area contributed by atoms with Gasteiger partial charge in [-0.1, -0.05) is 6.07 Å². The van der Waals surface area contributed by atoms with Gasteiger partial charge in [0, 0.05) is 19.7 Å². The minimum Gasteiger partial charge on any atom is -0.496 e. The monoisotopic (exact) mass is 364 g/mol. The molecule has 0 aliphatic carbocycles. The van der Waals surface area contributed by atoms with Crippen LogP contribution in [0.2, 0.25) is 0 Å². The van der Waals surface area contributed by atoms with E-state index in [1.54, 1.807) is 19.1 Å². The lowest BCUT2D eigenvalue weighted by molar-refractivity contribution is -0.173. The Labute approximate surface area is 154 Å². The van der Waals surface area contributed by atoms with Crippen molar-refractivity contribution in [1.29, 1.82) is 0 Å². The average molecular weight is 364 g/mol. The van der Waals surface area contributed by atoms with Gasteiger partial charge in [0.2, 0.25) is 0 Å². The number of benzene rings is 1. The number of carbonyl (C=O) groups is 1. The number of aliphatic hydroxyl groups is 1. The number of amides is 2. The number of nitrogens with zero attached hydrogens (tertiary/aromatic N) is 1. The first-order chi connectivity index (χ1) is 12.6. The van der Waals surface area contributed by atoms with Gasteiger partial charge in [-0.15, -0.1) is 0 Å². The Kier molecular flexibility index (Phi) is 5.88. The second-order valence-electron chi connectivity index (χ2n) is 6.86. The summed E-state index contributed by atoms with van der Waals surface area (Å²) in [5.41, 5.74) is 0.339. The molecule has 0 bridgehead atoms. The SMILES string of the molecule is COc1cccc(OC)c1CNC(=O)N1CCC2(CC1)OCCC[C@H]2O. The smallest absolute Gasteiger partial charge is 0.317 e. The summed E-state index contributed by atoms with van der Waals surface area (Å²) in [5.74, 6) is 1.36. The third-order valence-corrected chi connectivity index (χ3v) is 5.46. The zero-order valence-corrected chi connectivity index (χ0v) is 15.5. The Morgan fingerprint density at radius 2 is 1.96 bits per heavy atom. The third kappa shape index (κ3) is 3.73. The van der Waals surface area contributed by atoms with Crippen LogP contribution in [0.1, 0.15) is 31.2 Å². The molecule has 1 atom stereocenters. The van der Waals surface area contributed by atoms with E-state index in [2.05, 4.69) is 5.32 Å². The molecule has 0 unspecified atom stereocenters. The lowest BCUT2D eigenvalue weighted by atomic mass is 9.82. The molecule has 2 heterocycles. The molecule has 1 aromatic rings. The summed E-state index contributed by atoms with van der Waals surface area (Å²) in [6, 6.07) is 5.41. The van der Waals surface area contributed by atoms with Gasteiger partial charge in [0.1, 0.15) is 11.5 Å². The van der Waals surface area contributed by atoms with E-state index in [4.69, 9.17) is 14.2 Å². The predicted octanol–water partition coefficient (Wildman–Crippen LogP) is 1.92. The highest BCUT2D eigenvalue weighted by Crippen LogP contribution is 2.35. The third-order valence-electron chi connectivity index (χ3n) is 5.46. The molecule has 2 N–H and O–H groups in total. The van der Waals surface area contributed by atoms with E-state index < -0.39 is 11.7 Å². The van der Waals surface area contributed by atoms with E-state index in [1.807, 2.05) is 18.2 Å². The number of urea groups is 1. The van der Waals surface area contributed by atoms with Crippen LogP contribution in [-0.2, 0) is 11.3 Å². The first-order valence-electron chi connectivity index (χ1n) is 9.14. The summed E-state index contributed by atoms with van der Waals surface area (Å²) in [4.78, 5) is 14.3. The van der Waals surface area contributed by atoms with Gasteiger partial charge in [-0.25, -0.2) is 4.79 Å². The minimum atomic E-state index is -0.471. The molecule has 0 radical (unpaired) electrons. The molecule has 2 amide bonds. The van der Waals surface area contributed by atoms with Crippen molar-refractivity contribution < 1.29 is 24.1 Å². The van der Waals surface area contributed by atoms with Crippen LogP contribution < -0.4 is 14.8 Å². The Balaban J connectivity index is 1.57. The van der Waals surface area contributed by atoms with Crippen molar-refractivity contribution in [3.8, 4) is 11.5 Å². The maximum atomic E-state index is 12.6. The quantitative estimate of drug-likeness (QED) is 0.853. The summed E-state index contributed by atoms with van der Waals surface area (Å²) in [7, 11) is 3.19. The Hall–Kier alpha value is -1.99. The molecule has 1 aromatic carbocycles. The lowest BCUT2D eigenvalue weighted by Crippen LogP contribution is -2.57. The average Bonchev–Trinajstić information content (AvgIpc) is 2.68. The molecule has 2 aliphatic heterocycles. The Bertz CT molecular complexity index is 606. The van der Waals surface area contributed by atoms with Gasteiger partial charge in [0.15, 0.2) is 0 Å². The zero-order valence-electron chi connectivity index (χ0n) is 15.5. The van der Waals surface area contributed by atoms with Gasteiger partial charge >= 0.3 is 6.03 Å². The van der Waals surface area contributed by atoms with Gasteiger partial charge in [-0.3, -0.25) is 0 Å². The molecule has 0 saturated carbocycles. The van der Waals surface area contributed by atoms with Crippen molar-refractivity contribution in [1.82, 2.24) is 10.2 Å². The van der Waals surface area contributed by atoms with Crippen LogP contribution in [0.5, 0.6) is 11.5 Å². The number of aliphatic hydroxyl groups excluding tert-OH is 1. The van der Waals surface area contributed by atoms with Gasteiger partial charge in [-0.2, -0.15) is 0 Å². The van der Waals surface area contributed by atoms with E-state index in [1.165, 1.54) is 0 Å². The molecule has 1 spiro atoms. The summed E-state index contributed by atoms with van der Waals surface area (Å²) < 4.78 is 16.6. The number of ether oxygens (including phenoxy) is 3. The first kappa shape index (κ1) is 18.8. The normalized spacial score (nSPS) is 22.1. The standard InChI is InChI=1S/C19H28N2O5/c1-24-15-5-3-6-16(25-2)14(15)13-20-18(23)21-10-8-19(9-11-21)17(22)7-4-12-26-19/h3,5-6,17,22H,4,7-13H2,1-2H3,(H,20,23)/t17-/m1/s1. The molecule has 0 aromatic heterocycles. The van der Waals surface area contributed by atoms with Crippen LogP contribution in [-0.4, -0.2) is 61.7 Å². The number of piperidine rings is 1. The van der Waals surface area contributed by atoms with Crippen LogP contribution >= 0.6 is 0 Å². The van der Waals surface area contributed by atoms with Gasteiger partial charge < -0.3 is 29.5 Å². The molecule has 144 valence electrons. The molecule has 7 heteroatoms. The molecular weight excluding hydrogens is 336 g/mol. The number of hydrogen-bond donors (Lipinski definition) is 2. The molecular formula is C19H28N2O5. The number of hydrogen-bond acceptors (Lipinski definition) is 5. The van der Waals surface area contributed by atoms with E-state index >= 15 is 0 Å². The largest absolute Gasteiger partial charge is 0.496 e. The fraction of sp³-hybridized carbons (Fsp3) is 0.632. The predicted molar refractivity (Wildman–Crippen MR) is 96.5 cm³/mol. The molecule has 3 rings (SSSR count). The van der Waals surface area contributed by atoms with E-state index in [9.17, 15) is 9.90 Å². The van der Waals surface area contributed by atoms with Crippen LogP contribution in [0.15, 0.2) is 18.2 Å². The van der Waals surface area contributed by atoms with Crippen molar-refractivity contribution in [2.24, 2.45) is 0 Å². The zero-order chi connectivity index (χ0) is 18.6. The highest BCUT2D eigenvalue weighted by molar-refractivity contribution is 5.74. The number of likely N-dealkylation sites (tertiary alicyclic amines) is 1. The number of nitrogens with one attached hydrogen (secondary N) is 1. The fourth-order valence-corrected chi connectivity index (χ4v) is 3.86. The van der Waals surface area contributed by atoms with Crippen LogP contribution in [0.3, 0.4) is 0 Å². The van der Waals surface area contributed by atoms with Gasteiger partial charge in [0.05, 0.1) is 38.0 Å². The number of rotatable bonds is 4. The minimum absolute atomic E-state index is 0.127. The van der Waals surface area contributed by atoms with Crippen molar-refractivity contribution in [3.05, 3.63) is 23.8 Å². The van der Waals surface area contributed by atoms with Gasteiger partial charge in [0.25, 0.3) is 0 Å². The maximum absolute atomic E-state index is 12.6. The highest BCUT2D eigenvalue weighted by Gasteiger charge is 2.44. The maximum Gasteiger partial charge on any atom is 0.317 e. The highest BCUT2D eigenvalue weighted by atomic mass is 16.5. The molecule has 2 aliphatic rings. The van der Waals surface area contributed by atoms with Gasteiger partial charge in [-0.05, 0) is 37.8 Å². The fourth-order valence-electron chi connectivity index (χ4n) is 3.86. The molecule has 26 heavy (non-hydrogen) atoms. The Morgan fingerprint density at radius 1 is 1.31 bits per heavy atom. The summed E-state index contributed by atoms with van der Waals surface area (Å²) in [6.07, 6.45) is 2.58. The Morgan fingerprint density at radius 3 is 2.54 bits per heavy atom. The van der Waals surface area contributed by atoms with Crippen molar-refractivity contribution in [2.45, 2.75) is 43.9 Å². The summed E-state index contributed by atoms with van der Waals surface area (Å²) in [5, 5.41) is 13.2. The lowest BCUT2D eigenvalue weighted by Gasteiger charge is -2.46. The summed E-state index contributed by atoms with van der Waals surface area (Å²) >= 11 is 0. The topological polar surface area (TPSA) is 80.3 Å². The van der Waals surface area contributed by atoms with Crippen LogP contribution in [0, 0.1) is 0 Å². The number of carbonyl (C=O) groups excluding carboxylic acids is 1. The second-order valence-corrected chi connectivity index (χ2v) is 6.86. The number of methoxy groups -OCH3 is 2. The second kappa shape index (κ2) is 8.14. The molecule has 2 fully saturated rings. The van der Waals surface area contributed by atoms with Crippen molar-refractivity contribution in [3.63, 3.8) is 0 Å². The first-order valence-corrected chi connectivity index (χ1v) is 9.14. The van der Waals surface area contributed by atoms with E-state index in [0.717, 1.165) is 18.4 Å². The van der Waals surface area contributed by atoms with Crippen LogP contribution in [0.4, 0.5) is 4.79 Å². The summed E-state index contributed by atoms with van der Waals surface area (Å²) in [6.45, 7) is 2.17. The van der Waals surface area contributed by atoms with Crippen molar-refractivity contribution >= 4 is 6.03 Å². The molecule has 2 saturated heterocycles. The van der Waals surface area contributed by atoms with Crippen molar-refractivity contribution in [2.75, 3.05) is 33.9 Å². The van der Waals surface area contributed by atoms with E-state index in [-0.39, 0.29) is 6.03 Å². The van der Waals surface area contributed by atoms with E-state index in [0.29, 0.717) is 50.6 Å². The van der Waals surface area contributed by atoms with Crippen LogP contribution in [0.25, 0.3) is 0 Å².